The van der Waals surface area contributed by atoms with Gasteiger partial charge < -0.3 is 10.1 Å². The predicted molar refractivity (Wildman–Crippen MR) is 42.3 cm³/mol. The Morgan fingerprint density at radius 1 is 1.55 bits per heavy atom. The van der Waals surface area contributed by atoms with Crippen molar-refractivity contribution >= 4 is 5.97 Å². The lowest BCUT2D eigenvalue weighted by Gasteiger charge is -2.26. The van der Waals surface area contributed by atoms with E-state index in [1.165, 1.54) is 7.11 Å². The van der Waals surface area contributed by atoms with Crippen molar-refractivity contribution in [2.75, 3.05) is 7.11 Å². The summed E-state index contributed by atoms with van der Waals surface area (Å²) < 4.78 is 4.64. The molecule has 1 aliphatic heterocycles. The van der Waals surface area contributed by atoms with Gasteiger partial charge in [0.15, 0.2) is 0 Å². The second kappa shape index (κ2) is 3.72. The summed E-state index contributed by atoms with van der Waals surface area (Å²) in [7, 11) is 1.43. The fourth-order valence-corrected chi connectivity index (χ4v) is 1.47. The maximum absolute atomic E-state index is 11.0. The van der Waals surface area contributed by atoms with Crippen LogP contribution in [0.1, 0.15) is 26.2 Å². The van der Waals surface area contributed by atoms with Gasteiger partial charge in [0.05, 0.1) is 7.11 Å². The van der Waals surface area contributed by atoms with Crippen molar-refractivity contribution in [3.05, 3.63) is 0 Å². The Bertz CT molecular complexity index is 147. The quantitative estimate of drug-likeness (QED) is 0.569. The molecule has 1 fully saturated rings. The molecule has 0 amide bonds. The topological polar surface area (TPSA) is 38.3 Å². The van der Waals surface area contributed by atoms with E-state index in [9.17, 15) is 4.79 Å². The summed E-state index contributed by atoms with van der Waals surface area (Å²) in [6, 6.07) is 0.386. The first-order valence-corrected chi connectivity index (χ1v) is 4.08. The van der Waals surface area contributed by atoms with Crippen molar-refractivity contribution in [1.82, 2.24) is 5.32 Å². The van der Waals surface area contributed by atoms with Gasteiger partial charge in [-0.3, -0.25) is 4.79 Å². The monoisotopic (exact) mass is 157 g/mol. The van der Waals surface area contributed by atoms with Crippen LogP contribution in [-0.4, -0.2) is 25.2 Å². The number of esters is 1. The summed E-state index contributed by atoms with van der Waals surface area (Å²) in [5.74, 6) is -0.128. The maximum Gasteiger partial charge on any atom is 0.322 e. The summed E-state index contributed by atoms with van der Waals surface area (Å²) >= 11 is 0. The van der Waals surface area contributed by atoms with E-state index in [4.69, 9.17) is 0 Å². The highest BCUT2D eigenvalue weighted by Crippen LogP contribution is 2.12. The highest BCUT2D eigenvalue weighted by atomic mass is 16.5. The normalized spacial score (nSPS) is 31.5. The third kappa shape index (κ3) is 2.19. The molecule has 0 bridgehead atoms. The van der Waals surface area contributed by atoms with Crippen molar-refractivity contribution in [2.45, 2.75) is 38.3 Å². The Kier molecular flexibility index (Phi) is 2.88. The molecule has 2 unspecified atom stereocenters. The summed E-state index contributed by atoms with van der Waals surface area (Å²) in [4.78, 5) is 11.0. The lowest BCUT2D eigenvalue weighted by Crippen LogP contribution is -2.45. The van der Waals surface area contributed by atoms with Crippen LogP contribution in [0, 0.1) is 0 Å². The molecule has 1 aliphatic rings. The van der Waals surface area contributed by atoms with Gasteiger partial charge in [-0.1, -0.05) is 0 Å². The second-order valence-electron chi connectivity index (χ2n) is 3.07. The Hall–Kier alpha value is -0.570. The van der Waals surface area contributed by atoms with Crippen molar-refractivity contribution in [2.24, 2.45) is 0 Å². The highest BCUT2D eigenvalue weighted by molar-refractivity contribution is 5.75. The largest absolute Gasteiger partial charge is 0.468 e. The molecule has 11 heavy (non-hydrogen) atoms. The van der Waals surface area contributed by atoms with E-state index in [2.05, 4.69) is 17.0 Å². The van der Waals surface area contributed by atoms with Crippen molar-refractivity contribution < 1.29 is 9.53 Å². The Labute approximate surface area is 67.1 Å². The number of methoxy groups -OCH3 is 1. The Morgan fingerprint density at radius 2 is 2.27 bits per heavy atom. The molecule has 1 heterocycles. The fourth-order valence-electron chi connectivity index (χ4n) is 1.47. The first-order valence-electron chi connectivity index (χ1n) is 4.08. The average molecular weight is 157 g/mol. The number of ether oxygens (including phenoxy) is 1. The van der Waals surface area contributed by atoms with E-state index in [1.54, 1.807) is 0 Å². The molecule has 0 aromatic heterocycles. The van der Waals surface area contributed by atoms with E-state index in [0.29, 0.717) is 6.04 Å². The number of carbonyl (C=O) groups is 1. The molecule has 0 saturated carbocycles. The number of hydrogen-bond donors (Lipinski definition) is 1. The van der Waals surface area contributed by atoms with Crippen LogP contribution in [-0.2, 0) is 9.53 Å². The molecule has 0 aliphatic carbocycles. The predicted octanol–water partition coefficient (Wildman–Crippen LogP) is 0.690. The number of hydrogen-bond acceptors (Lipinski definition) is 3. The van der Waals surface area contributed by atoms with Crippen LogP contribution < -0.4 is 5.32 Å². The lowest BCUT2D eigenvalue weighted by atomic mass is 10.00. The SMILES string of the molecule is COC(=O)C1CCCC(C)N1. The zero-order valence-electron chi connectivity index (χ0n) is 7.09. The van der Waals surface area contributed by atoms with E-state index in [1.807, 2.05) is 0 Å². The summed E-state index contributed by atoms with van der Waals surface area (Å²) in [5, 5.41) is 3.19. The Morgan fingerprint density at radius 3 is 2.82 bits per heavy atom. The minimum atomic E-state index is -0.128. The van der Waals surface area contributed by atoms with Gasteiger partial charge in [0.2, 0.25) is 0 Å². The van der Waals surface area contributed by atoms with E-state index < -0.39 is 0 Å². The van der Waals surface area contributed by atoms with Crippen molar-refractivity contribution in [1.29, 1.82) is 0 Å². The van der Waals surface area contributed by atoms with Crippen molar-refractivity contribution in [3.8, 4) is 0 Å². The molecular weight excluding hydrogens is 142 g/mol. The number of nitrogens with one attached hydrogen (secondary N) is 1. The minimum absolute atomic E-state index is 0.0660. The zero-order chi connectivity index (χ0) is 8.27. The number of carbonyl (C=O) groups excluding carboxylic acids is 1. The minimum Gasteiger partial charge on any atom is -0.468 e. The smallest absolute Gasteiger partial charge is 0.322 e. The fraction of sp³-hybridized carbons (Fsp3) is 0.875. The average Bonchev–Trinajstić information content (AvgIpc) is 2.03. The molecule has 1 rings (SSSR count). The molecule has 3 heteroatoms. The van der Waals surface area contributed by atoms with Gasteiger partial charge >= 0.3 is 5.97 Å². The first-order chi connectivity index (χ1) is 5.24. The summed E-state index contributed by atoms with van der Waals surface area (Å²) in [6.45, 7) is 2.09. The molecule has 1 N–H and O–H groups in total. The summed E-state index contributed by atoms with van der Waals surface area (Å²) in [6.07, 6.45) is 3.19. The molecule has 64 valence electrons. The molecule has 2 atom stereocenters. The molecule has 3 nitrogen and oxygen atoms in total. The van der Waals surface area contributed by atoms with Crippen LogP contribution in [0.2, 0.25) is 0 Å². The van der Waals surface area contributed by atoms with Crippen molar-refractivity contribution in [3.63, 3.8) is 0 Å². The van der Waals surface area contributed by atoms with E-state index in [-0.39, 0.29) is 12.0 Å². The highest BCUT2D eigenvalue weighted by Gasteiger charge is 2.24. The third-order valence-corrected chi connectivity index (χ3v) is 2.10. The molecule has 0 aromatic carbocycles. The van der Waals surface area contributed by atoms with Crippen LogP contribution >= 0.6 is 0 Å². The first kappa shape index (κ1) is 8.53. The third-order valence-electron chi connectivity index (χ3n) is 2.10. The number of piperidine rings is 1. The van der Waals surface area contributed by atoms with Crippen LogP contribution in [0.3, 0.4) is 0 Å². The van der Waals surface area contributed by atoms with Gasteiger partial charge in [-0.05, 0) is 26.2 Å². The molecular formula is C8H15NO2. The van der Waals surface area contributed by atoms with E-state index >= 15 is 0 Å². The molecule has 1 saturated heterocycles. The maximum atomic E-state index is 11.0. The van der Waals surface area contributed by atoms with Crippen LogP contribution in [0.5, 0.6) is 0 Å². The van der Waals surface area contributed by atoms with Crippen LogP contribution in [0.4, 0.5) is 0 Å². The molecule has 0 aromatic rings. The van der Waals surface area contributed by atoms with E-state index in [0.717, 1.165) is 19.3 Å². The summed E-state index contributed by atoms with van der Waals surface area (Å²) in [5.41, 5.74) is 0. The standard InChI is InChI=1S/C8H15NO2/c1-6-4-3-5-7(9-6)8(10)11-2/h6-7,9H,3-5H2,1-2H3. The van der Waals surface area contributed by atoms with Gasteiger partial charge in [0.1, 0.15) is 6.04 Å². The lowest BCUT2D eigenvalue weighted by molar-refractivity contribution is -0.144. The van der Waals surface area contributed by atoms with Crippen LogP contribution in [0.25, 0.3) is 0 Å². The number of rotatable bonds is 1. The molecule has 0 spiro atoms. The Balaban J connectivity index is 2.39. The zero-order valence-corrected chi connectivity index (χ0v) is 7.09. The van der Waals surface area contributed by atoms with Gasteiger partial charge in [-0.25, -0.2) is 0 Å². The molecule has 0 radical (unpaired) electrons. The van der Waals surface area contributed by atoms with Gasteiger partial charge in [-0.2, -0.15) is 0 Å². The van der Waals surface area contributed by atoms with Gasteiger partial charge in [0.25, 0.3) is 0 Å². The van der Waals surface area contributed by atoms with Gasteiger partial charge in [0, 0.05) is 6.04 Å². The second-order valence-corrected chi connectivity index (χ2v) is 3.07. The van der Waals surface area contributed by atoms with Crippen LogP contribution in [0.15, 0.2) is 0 Å². The van der Waals surface area contributed by atoms with Gasteiger partial charge in [-0.15, -0.1) is 0 Å².